The normalized spacial score (nSPS) is 14.8. The van der Waals surface area contributed by atoms with Crippen molar-refractivity contribution in [3.8, 4) is 0 Å². The highest BCUT2D eigenvalue weighted by Crippen LogP contribution is 2.33. The summed E-state index contributed by atoms with van der Waals surface area (Å²) in [6.07, 6.45) is -9.10. The van der Waals surface area contributed by atoms with Gasteiger partial charge in [-0.3, -0.25) is 14.7 Å². The Balaban J connectivity index is 1.72. The number of thioether (sulfide) groups is 1. The van der Waals surface area contributed by atoms with Crippen LogP contribution in [0.3, 0.4) is 0 Å². The molecule has 3 rings (SSSR count). The van der Waals surface area contributed by atoms with Crippen LogP contribution in [0, 0.1) is 0 Å². The topological polar surface area (TPSA) is 32.7 Å². The lowest BCUT2D eigenvalue weighted by Crippen LogP contribution is -2.34. The maximum atomic E-state index is 13.2. The number of hydrogen-bond acceptors (Lipinski definition) is 3. The first-order chi connectivity index (χ1) is 13.6. The van der Waals surface area contributed by atoms with Gasteiger partial charge in [0.1, 0.15) is 0 Å². The second-order valence-corrected chi connectivity index (χ2v) is 7.09. The van der Waals surface area contributed by atoms with Crippen LogP contribution in [0.2, 0.25) is 0 Å². The number of carbonyl (C=O) groups excluding carboxylic acids is 1. The number of amidine groups is 1. The van der Waals surface area contributed by atoms with Gasteiger partial charge in [-0.05, 0) is 29.8 Å². The van der Waals surface area contributed by atoms with E-state index < -0.39 is 35.0 Å². The molecule has 0 bridgehead atoms. The fraction of sp³-hybridized carbons (Fsp3) is 0.263. The van der Waals surface area contributed by atoms with Crippen molar-refractivity contribution in [3.63, 3.8) is 0 Å². The fourth-order valence-corrected chi connectivity index (χ4v) is 3.74. The molecule has 3 nitrogen and oxygen atoms in total. The quantitative estimate of drug-likeness (QED) is 0.603. The zero-order chi connectivity index (χ0) is 21.2. The molecule has 1 aliphatic rings. The fourth-order valence-electron chi connectivity index (χ4n) is 2.74. The van der Waals surface area contributed by atoms with Crippen LogP contribution in [0.1, 0.15) is 27.0 Å². The van der Waals surface area contributed by atoms with Gasteiger partial charge < -0.3 is 0 Å². The Morgan fingerprint density at radius 1 is 0.966 bits per heavy atom. The molecule has 29 heavy (non-hydrogen) atoms. The van der Waals surface area contributed by atoms with Gasteiger partial charge >= 0.3 is 12.4 Å². The van der Waals surface area contributed by atoms with Crippen LogP contribution in [0.25, 0.3) is 0 Å². The molecular weight excluding hydrogens is 418 g/mol. The molecule has 0 unspecified atom stereocenters. The van der Waals surface area contributed by atoms with E-state index in [4.69, 9.17) is 0 Å². The van der Waals surface area contributed by atoms with Crippen LogP contribution >= 0.6 is 11.8 Å². The molecule has 0 aromatic heterocycles. The summed E-state index contributed by atoms with van der Waals surface area (Å²) in [5, 5.41) is 0.242. The van der Waals surface area contributed by atoms with Gasteiger partial charge in [-0.25, -0.2) is 0 Å². The summed E-state index contributed by atoms with van der Waals surface area (Å²) in [7, 11) is 0. The number of amides is 1. The van der Waals surface area contributed by atoms with E-state index in [0.29, 0.717) is 5.56 Å². The van der Waals surface area contributed by atoms with Crippen molar-refractivity contribution in [1.82, 2.24) is 4.90 Å². The second kappa shape index (κ2) is 8.10. The molecule has 0 radical (unpaired) electrons. The van der Waals surface area contributed by atoms with Crippen molar-refractivity contribution >= 4 is 22.8 Å². The molecule has 0 fully saturated rings. The lowest BCUT2D eigenvalue weighted by molar-refractivity contribution is -0.138. The van der Waals surface area contributed by atoms with Crippen molar-refractivity contribution < 1.29 is 31.1 Å². The summed E-state index contributed by atoms with van der Waals surface area (Å²) >= 11 is 1.09. The van der Waals surface area contributed by atoms with Crippen molar-refractivity contribution in [2.24, 2.45) is 4.99 Å². The molecule has 2 aromatic carbocycles. The summed E-state index contributed by atoms with van der Waals surface area (Å²) < 4.78 is 77.4. The first kappa shape index (κ1) is 21.2. The van der Waals surface area contributed by atoms with Gasteiger partial charge in [-0.1, -0.05) is 36.0 Å². The third kappa shape index (κ3) is 4.92. The molecule has 0 saturated carbocycles. The lowest BCUT2D eigenvalue weighted by Gasteiger charge is -2.20. The highest BCUT2D eigenvalue weighted by molar-refractivity contribution is 8.13. The maximum Gasteiger partial charge on any atom is 0.417 e. The van der Waals surface area contributed by atoms with E-state index in [0.717, 1.165) is 36.0 Å². The average Bonchev–Trinajstić information content (AvgIpc) is 3.13. The minimum Gasteiger partial charge on any atom is -0.286 e. The summed E-state index contributed by atoms with van der Waals surface area (Å²) in [6.45, 7) is 0.385. The van der Waals surface area contributed by atoms with Gasteiger partial charge in [0.25, 0.3) is 5.91 Å². The van der Waals surface area contributed by atoms with Gasteiger partial charge in [0.15, 0.2) is 5.17 Å². The van der Waals surface area contributed by atoms with Crippen LogP contribution in [-0.2, 0) is 18.1 Å². The first-order valence-electron chi connectivity index (χ1n) is 8.39. The lowest BCUT2D eigenvalue weighted by atomic mass is 10.1. The molecular formula is C19H14F6N2OS. The third-order valence-corrected chi connectivity index (χ3v) is 5.24. The van der Waals surface area contributed by atoms with Gasteiger partial charge in [0, 0.05) is 12.3 Å². The highest BCUT2D eigenvalue weighted by Gasteiger charge is 2.37. The molecule has 1 aliphatic heterocycles. The Morgan fingerprint density at radius 3 is 2.24 bits per heavy atom. The van der Waals surface area contributed by atoms with E-state index in [2.05, 4.69) is 4.99 Å². The average molecular weight is 432 g/mol. The maximum absolute atomic E-state index is 13.2. The number of rotatable bonds is 3. The van der Waals surface area contributed by atoms with E-state index >= 15 is 0 Å². The summed E-state index contributed by atoms with van der Waals surface area (Å²) in [4.78, 5) is 18.0. The van der Waals surface area contributed by atoms with Crippen molar-refractivity contribution in [3.05, 3.63) is 70.8 Å². The molecule has 1 amide bonds. The number of nitrogens with zero attached hydrogens (tertiary/aromatic N) is 2. The number of halogens is 6. The van der Waals surface area contributed by atoms with Crippen molar-refractivity contribution in [1.29, 1.82) is 0 Å². The Bertz CT molecular complexity index is 922. The second-order valence-electron chi connectivity index (χ2n) is 6.15. The summed E-state index contributed by atoms with van der Waals surface area (Å²) in [5.41, 5.74) is -1.69. The van der Waals surface area contributed by atoms with Crippen LogP contribution in [0.15, 0.2) is 53.5 Å². The minimum atomic E-state index is -4.67. The first-order valence-corrected chi connectivity index (χ1v) is 9.37. The summed E-state index contributed by atoms with van der Waals surface area (Å²) in [5.74, 6) is -0.587. The summed E-state index contributed by atoms with van der Waals surface area (Å²) in [6, 6.07) is 9.05. The monoisotopic (exact) mass is 432 g/mol. The molecule has 0 atom stereocenters. The molecule has 10 heteroatoms. The number of benzene rings is 2. The van der Waals surface area contributed by atoms with Crippen LogP contribution in [0.5, 0.6) is 0 Å². The Labute approximate surface area is 166 Å². The zero-order valence-corrected chi connectivity index (χ0v) is 15.5. The largest absolute Gasteiger partial charge is 0.417 e. The van der Waals surface area contributed by atoms with Gasteiger partial charge in [-0.15, -0.1) is 0 Å². The van der Waals surface area contributed by atoms with Crippen LogP contribution < -0.4 is 0 Å². The van der Waals surface area contributed by atoms with E-state index in [1.807, 2.05) is 0 Å². The zero-order valence-electron chi connectivity index (χ0n) is 14.7. The van der Waals surface area contributed by atoms with Crippen LogP contribution in [0.4, 0.5) is 26.3 Å². The molecule has 2 aromatic rings. The minimum absolute atomic E-state index is 0.139. The van der Waals surface area contributed by atoms with Crippen molar-refractivity contribution in [2.75, 3.05) is 13.1 Å². The Morgan fingerprint density at radius 2 is 1.62 bits per heavy atom. The SMILES string of the molecule is O=C(c1ccccc1C(F)(F)F)N1CCN=C1SCc1ccc(C(F)(F)F)cc1. The van der Waals surface area contributed by atoms with E-state index in [-0.39, 0.29) is 24.0 Å². The Hall–Kier alpha value is -2.49. The highest BCUT2D eigenvalue weighted by atomic mass is 32.2. The van der Waals surface area contributed by atoms with E-state index in [9.17, 15) is 31.1 Å². The van der Waals surface area contributed by atoms with Crippen LogP contribution in [-0.4, -0.2) is 29.1 Å². The van der Waals surface area contributed by atoms with Gasteiger partial charge in [0.05, 0.1) is 23.2 Å². The molecule has 1 heterocycles. The number of carbonyl (C=O) groups is 1. The predicted octanol–water partition coefficient (Wildman–Crippen LogP) is 5.47. The van der Waals surface area contributed by atoms with Gasteiger partial charge in [-0.2, -0.15) is 26.3 Å². The molecule has 0 aliphatic carbocycles. The molecule has 154 valence electrons. The number of hydrogen-bond donors (Lipinski definition) is 0. The van der Waals surface area contributed by atoms with Crippen molar-refractivity contribution in [2.45, 2.75) is 18.1 Å². The number of alkyl halides is 6. The smallest absolute Gasteiger partial charge is 0.286 e. The Kier molecular flexibility index (Phi) is 5.92. The van der Waals surface area contributed by atoms with Gasteiger partial charge in [0.2, 0.25) is 0 Å². The van der Waals surface area contributed by atoms with E-state index in [1.165, 1.54) is 29.2 Å². The third-order valence-electron chi connectivity index (χ3n) is 4.16. The predicted molar refractivity (Wildman–Crippen MR) is 97.5 cm³/mol. The molecule has 0 spiro atoms. The van der Waals surface area contributed by atoms with E-state index in [1.54, 1.807) is 0 Å². The molecule has 0 saturated heterocycles. The molecule has 0 N–H and O–H groups in total. The standard InChI is InChI=1S/C19H14F6N2OS/c20-18(21,22)13-7-5-12(6-8-13)11-29-17-26-9-10-27(17)16(28)14-3-1-2-4-15(14)19(23,24)25/h1-8H,9-11H2. The number of aliphatic imine (C=N–C) groups is 1.